The number of rotatable bonds is 1. The van der Waals surface area contributed by atoms with Gasteiger partial charge in [0.25, 0.3) is 0 Å². The molecular formula is C9H6ClN3. The Morgan fingerprint density at radius 1 is 1.15 bits per heavy atom. The van der Waals surface area contributed by atoms with Crippen molar-refractivity contribution in [1.82, 2.24) is 4.98 Å². The molecule has 0 aliphatic rings. The van der Waals surface area contributed by atoms with Gasteiger partial charge in [-0.2, -0.15) is 0 Å². The number of fused-ring (bicyclic) bond motifs is 1. The Kier molecular flexibility index (Phi) is 2.19. The molecule has 2 rings (SSSR count). The molecular weight excluding hydrogens is 186 g/mol. The Balaban J connectivity index is 2.75. The van der Waals surface area contributed by atoms with Crippen LogP contribution in [-0.2, 0) is 0 Å². The maximum Gasteiger partial charge on any atom is 0.113 e. The minimum atomic E-state index is 0.688. The molecule has 2 aromatic rings. The average molecular weight is 192 g/mol. The standard InChI is InChI=1S/C9H6ClN3/c10-13-12-8-5-1-3-7-4-2-6-11-9(7)8/h1-6H. The molecule has 0 atom stereocenters. The molecule has 1 heterocycles. The van der Waals surface area contributed by atoms with Crippen molar-refractivity contribution in [3.63, 3.8) is 0 Å². The van der Waals surface area contributed by atoms with Crippen LogP contribution < -0.4 is 0 Å². The summed E-state index contributed by atoms with van der Waals surface area (Å²) in [6, 6.07) is 9.53. The highest BCUT2D eigenvalue weighted by Crippen LogP contribution is 2.23. The fourth-order valence-electron chi connectivity index (χ4n) is 1.21. The minimum absolute atomic E-state index is 0.688. The molecule has 0 radical (unpaired) electrons. The van der Waals surface area contributed by atoms with E-state index in [1.165, 1.54) is 0 Å². The first-order chi connectivity index (χ1) is 6.42. The van der Waals surface area contributed by atoms with Gasteiger partial charge in [0.15, 0.2) is 0 Å². The molecule has 4 heteroatoms. The Morgan fingerprint density at radius 3 is 2.85 bits per heavy atom. The second-order valence-corrected chi connectivity index (χ2v) is 2.68. The fourth-order valence-corrected chi connectivity index (χ4v) is 1.29. The first kappa shape index (κ1) is 8.13. The van der Waals surface area contributed by atoms with Gasteiger partial charge < -0.3 is 0 Å². The molecule has 1 aromatic heterocycles. The van der Waals surface area contributed by atoms with Crippen LogP contribution in [0.15, 0.2) is 46.3 Å². The molecule has 0 spiro atoms. The summed E-state index contributed by atoms with van der Waals surface area (Å²) in [6.45, 7) is 0. The van der Waals surface area contributed by atoms with Gasteiger partial charge in [-0.05, 0) is 12.1 Å². The Morgan fingerprint density at radius 2 is 2.00 bits per heavy atom. The number of para-hydroxylation sites is 1. The number of halogens is 1. The van der Waals surface area contributed by atoms with Crippen LogP contribution in [0.2, 0.25) is 0 Å². The van der Waals surface area contributed by atoms with Crippen LogP contribution in [0.25, 0.3) is 10.9 Å². The third kappa shape index (κ3) is 1.51. The second kappa shape index (κ2) is 3.49. The van der Waals surface area contributed by atoms with E-state index in [1.54, 1.807) is 6.20 Å². The van der Waals surface area contributed by atoms with Gasteiger partial charge in [-0.1, -0.05) is 22.8 Å². The summed E-state index contributed by atoms with van der Waals surface area (Å²) in [6.07, 6.45) is 1.72. The van der Waals surface area contributed by atoms with Crippen molar-refractivity contribution in [2.75, 3.05) is 0 Å². The van der Waals surface area contributed by atoms with Gasteiger partial charge in [0, 0.05) is 11.6 Å². The lowest BCUT2D eigenvalue weighted by Crippen LogP contribution is -1.76. The van der Waals surface area contributed by atoms with E-state index in [0.717, 1.165) is 10.9 Å². The van der Waals surface area contributed by atoms with Crippen LogP contribution in [0.5, 0.6) is 0 Å². The number of hydrogen-bond acceptors (Lipinski definition) is 3. The summed E-state index contributed by atoms with van der Waals surface area (Å²) < 4.78 is 3.21. The smallest absolute Gasteiger partial charge is 0.113 e. The normalized spacial score (nSPS) is 11.2. The molecule has 0 aliphatic carbocycles. The summed E-state index contributed by atoms with van der Waals surface area (Å²) in [5, 5.41) is 4.79. The summed E-state index contributed by atoms with van der Waals surface area (Å²) in [7, 11) is 0. The first-order valence-corrected chi connectivity index (χ1v) is 4.11. The first-order valence-electron chi connectivity index (χ1n) is 3.77. The molecule has 0 aliphatic heterocycles. The molecule has 1 aromatic carbocycles. The van der Waals surface area contributed by atoms with E-state index in [-0.39, 0.29) is 0 Å². The molecule has 0 fully saturated rings. The third-order valence-electron chi connectivity index (χ3n) is 1.76. The predicted molar refractivity (Wildman–Crippen MR) is 52.1 cm³/mol. The molecule has 0 saturated carbocycles. The van der Waals surface area contributed by atoms with E-state index < -0.39 is 0 Å². The van der Waals surface area contributed by atoms with E-state index in [2.05, 4.69) is 14.7 Å². The van der Waals surface area contributed by atoms with Crippen molar-refractivity contribution in [3.05, 3.63) is 36.5 Å². The van der Waals surface area contributed by atoms with Crippen molar-refractivity contribution in [3.8, 4) is 0 Å². The number of nitrogens with zero attached hydrogens (tertiary/aromatic N) is 3. The monoisotopic (exact) mass is 191 g/mol. The van der Waals surface area contributed by atoms with Crippen LogP contribution in [0.3, 0.4) is 0 Å². The molecule has 0 unspecified atom stereocenters. The summed E-state index contributed by atoms with van der Waals surface area (Å²) in [5.41, 5.74) is 1.50. The molecule has 0 saturated heterocycles. The predicted octanol–water partition coefficient (Wildman–Crippen LogP) is 3.47. The van der Waals surface area contributed by atoms with Crippen molar-refractivity contribution in [2.24, 2.45) is 9.75 Å². The van der Waals surface area contributed by atoms with E-state index in [0.29, 0.717) is 5.69 Å². The van der Waals surface area contributed by atoms with Gasteiger partial charge in [0.05, 0.1) is 17.3 Å². The zero-order valence-electron chi connectivity index (χ0n) is 6.68. The molecule has 0 N–H and O–H groups in total. The second-order valence-electron chi connectivity index (χ2n) is 2.53. The molecule has 0 amide bonds. The van der Waals surface area contributed by atoms with Gasteiger partial charge in [0.1, 0.15) is 5.69 Å². The highest BCUT2D eigenvalue weighted by Gasteiger charge is 1.98. The quantitative estimate of drug-likeness (QED) is 0.636. The number of hydrogen-bond donors (Lipinski definition) is 0. The van der Waals surface area contributed by atoms with Crippen molar-refractivity contribution < 1.29 is 0 Å². The van der Waals surface area contributed by atoms with E-state index in [4.69, 9.17) is 11.8 Å². The third-order valence-corrected chi connectivity index (χ3v) is 1.83. The van der Waals surface area contributed by atoms with Crippen molar-refractivity contribution in [2.45, 2.75) is 0 Å². The van der Waals surface area contributed by atoms with Gasteiger partial charge in [0.2, 0.25) is 0 Å². The van der Waals surface area contributed by atoms with Crippen molar-refractivity contribution in [1.29, 1.82) is 0 Å². The van der Waals surface area contributed by atoms with Crippen LogP contribution >= 0.6 is 11.8 Å². The lowest BCUT2D eigenvalue weighted by Gasteiger charge is -1.97. The average Bonchev–Trinajstić information content (AvgIpc) is 2.19. The lowest BCUT2D eigenvalue weighted by atomic mass is 10.2. The van der Waals surface area contributed by atoms with E-state index in [1.807, 2.05) is 30.3 Å². The van der Waals surface area contributed by atoms with Crippen LogP contribution in [-0.4, -0.2) is 4.98 Å². The molecule has 3 nitrogen and oxygen atoms in total. The molecule has 64 valence electrons. The lowest BCUT2D eigenvalue weighted by molar-refractivity contribution is 1.31. The zero-order chi connectivity index (χ0) is 9.10. The SMILES string of the molecule is ClN=Nc1cccc2cccnc12. The van der Waals surface area contributed by atoms with Crippen molar-refractivity contribution >= 4 is 28.4 Å². The van der Waals surface area contributed by atoms with Gasteiger partial charge in [-0.15, -0.1) is 5.11 Å². The fraction of sp³-hybridized carbons (Fsp3) is 0. The number of benzene rings is 1. The Hall–Kier alpha value is -1.48. The van der Waals surface area contributed by atoms with E-state index >= 15 is 0 Å². The van der Waals surface area contributed by atoms with Gasteiger partial charge in [-0.3, -0.25) is 4.98 Å². The summed E-state index contributed by atoms with van der Waals surface area (Å²) >= 11 is 5.17. The largest absolute Gasteiger partial charge is 0.254 e. The molecule has 13 heavy (non-hydrogen) atoms. The Labute approximate surface area is 80.2 Å². The van der Waals surface area contributed by atoms with Crippen LogP contribution in [0.4, 0.5) is 5.69 Å². The Bertz CT molecular complexity index is 448. The van der Waals surface area contributed by atoms with Crippen LogP contribution in [0, 0.1) is 0 Å². The van der Waals surface area contributed by atoms with Gasteiger partial charge in [-0.25, -0.2) is 0 Å². The highest BCUT2D eigenvalue weighted by atomic mass is 35.5. The minimum Gasteiger partial charge on any atom is -0.254 e. The number of aromatic nitrogens is 1. The maximum atomic E-state index is 5.17. The van der Waals surface area contributed by atoms with Gasteiger partial charge >= 0.3 is 0 Å². The number of pyridine rings is 1. The maximum absolute atomic E-state index is 5.17. The summed E-state index contributed by atoms with van der Waals surface area (Å²) in [4.78, 5) is 4.19. The molecule has 0 bridgehead atoms. The van der Waals surface area contributed by atoms with Crippen LogP contribution in [0.1, 0.15) is 0 Å². The van der Waals surface area contributed by atoms with E-state index in [9.17, 15) is 0 Å². The summed E-state index contributed by atoms with van der Waals surface area (Å²) in [5.74, 6) is 0. The highest BCUT2D eigenvalue weighted by molar-refractivity contribution is 6.14. The topological polar surface area (TPSA) is 37.6 Å². The zero-order valence-corrected chi connectivity index (χ0v) is 7.44.